The van der Waals surface area contributed by atoms with Crippen LogP contribution in [0.5, 0.6) is 11.5 Å². The normalized spacial score (nSPS) is 12.9. The molecule has 5 nitrogen and oxygen atoms in total. The zero-order valence-electron chi connectivity index (χ0n) is 32.4. The molecule has 0 saturated carbocycles. The minimum Gasteiger partial charge on any atom is -0.509 e. The SMILES string of the molecule is CC(C)(C)c1cc(-c2ccccc2)cc(N2[CH-]N(c3[c-]c(Oc4[c-]c5c(cc4)c4ccccc4n5-c4cc(C(C)(C)C)ccn4)ccc3)c3ccccc32)c1.[Pt]. The quantitative estimate of drug-likeness (QED) is 0.156. The number of ether oxygens (including phenoxy) is 1. The van der Waals surface area contributed by atoms with Crippen LogP contribution in [-0.2, 0) is 31.9 Å². The van der Waals surface area contributed by atoms with Crippen molar-refractivity contribution < 1.29 is 25.8 Å². The molecule has 0 aliphatic carbocycles. The standard InChI is InChI=1S/C50H43N4O.Pt/c1-49(2,3)36-25-26-51-48(30-36)54-44-20-11-10-19-42(44)43-24-23-41(32-47(43)54)55-40-18-14-17-38(31-40)52-33-53(46-22-13-12-21-45(46)52)39-28-35(34-15-8-7-9-16-34)27-37(29-39)50(4,5)6;/h7-30,33H,1-6H3;/q-3;. The Morgan fingerprint density at radius 2 is 1.27 bits per heavy atom. The Morgan fingerprint density at radius 3 is 2.04 bits per heavy atom. The third-order valence-corrected chi connectivity index (χ3v) is 10.4. The maximum atomic E-state index is 6.57. The first-order valence-electron chi connectivity index (χ1n) is 18.9. The molecule has 0 fully saturated rings. The Morgan fingerprint density at radius 1 is 0.571 bits per heavy atom. The molecule has 3 heterocycles. The summed E-state index contributed by atoms with van der Waals surface area (Å²) < 4.78 is 8.76. The third-order valence-electron chi connectivity index (χ3n) is 10.4. The van der Waals surface area contributed by atoms with Crippen molar-refractivity contribution in [2.75, 3.05) is 9.80 Å². The van der Waals surface area contributed by atoms with Gasteiger partial charge in [-0.3, -0.25) is 0 Å². The first-order valence-corrected chi connectivity index (χ1v) is 18.9. The number of aromatic nitrogens is 2. The second-order valence-corrected chi connectivity index (χ2v) is 16.3. The zero-order valence-corrected chi connectivity index (χ0v) is 34.7. The Bertz CT molecular complexity index is 2700. The van der Waals surface area contributed by atoms with Crippen LogP contribution in [0.15, 0.2) is 146 Å². The molecule has 0 saturated heterocycles. The predicted octanol–water partition coefficient (Wildman–Crippen LogP) is 13.2. The van der Waals surface area contributed by atoms with E-state index in [9.17, 15) is 0 Å². The fraction of sp³-hybridized carbons (Fsp3) is 0.160. The van der Waals surface area contributed by atoms with Gasteiger partial charge in [-0.2, -0.15) is 12.1 Å². The van der Waals surface area contributed by atoms with Gasteiger partial charge in [-0.25, -0.2) is 4.98 Å². The smallest absolute Gasteiger partial charge is 0.135 e. The van der Waals surface area contributed by atoms with Crippen LogP contribution in [0.3, 0.4) is 0 Å². The van der Waals surface area contributed by atoms with E-state index < -0.39 is 0 Å². The number of anilines is 4. The van der Waals surface area contributed by atoms with Crippen molar-refractivity contribution in [3.8, 4) is 28.4 Å². The molecule has 6 aromatic carbocycles. The van der Waals surface area contributed by atoms with Gasteiger partial charge in [0.1, 0.15) is 5.82 Å². The average molecular weight is 911 g/mol. The Kier molecular flexibility index (Phi) is 9.63. The Labute approximate surface area is 344 Å². The molecule has 0 N–H and O–H groups in total. The molecule has 0 bridgehead atoms. The van der Waals surface area contributed by atoms with Crippen LogP contribution < -0.4 is 14.5 Å². The molecule has 2 aromatic heterocycles. The molecular weight excluding hydrogens is 868 g/mol. The Hall–Kier alpha value is -5.64. The monoisotopic (exact) mass is 910 g/mol. The molecule has 1 aliphatic rings. The summed E-state index contributed by atoms with van der Waals surface area (Å²) >= 11 is 0. The molecular formula is C50H43N4OPt-3. The summed E-state index contributed by atoms with van der Waals surface area (Å²) in [6.45, 7) is 15.6. The van der Waals surface area contributed by atoms with E-state index in [0.29, 0.717) is 11.5 Å². The van der Waals surface area contributed by atoms with Crippen LogP contribution in [-0.4, -0.2) is 9.55 Å². The third kappa shape index (κ3) is 6.90. The van der Waals surface area contributed by atoms with Gasteiger partial charge in [-0.15, -0.1) is 48.1 Å². The number of fused-ring (bicyclic) bond motifs is 4. The van der Waals surface area contributed by atoms with Crippen LogP contribution in [0, 0.1) is 18.8 Å². The van der Waals surface area contributed by atoms with Crippen LogP contribution in [0.25, 0.3) is 38.8 Å². The summed E-state index contributed by atoms with van der Waals surface area (Å²) in [6, 6.07) is 56.1. The summed E-state index contributed by atoms with van der Waals surface area (Å²) in [5, 5.41) is 2.24. The van der Waals surface area contributed by atoms with Crippen LogP contribution in [0.1, 0.15) is 52.7 Å². The van der Waals surface area contributed by atoms with Crippen molar-refractivity contribution in [2.24, 2.45) is 0 Å². The van der Waals surface area contributed by atoms with E-state index in [4.69, 9.17) is 9.72 Å². The average Bonchev–Trinajstić information content (AvgIpc) is 3.74. The molecule has 0 amide bonds. The number of benzene rings is 6. The van der Waals surface area contributed by atoms with Gasteiger partial charge in [0.25, 0.3) is 0 Å². The van der Waals surface area contributed by atoms with Gasteiger partial charge in [-0.05, 0) is 80.9 Å². The minimum absolute atomic E-state index is 0. The number of nitrogens with zero attached hydrogens (tertiary/aromatic N) is 4. The van der Waals surface area contributed by atoms with Gasteiger partial charge in [0.05, 0.1) is 0 Å². The topological polar surface area (TPSA) is 33.5 Å². The van der Waals surface area contributed by atoms with Gasteiger partial charge in [-0.1, -0.05) is 114 Å². The molecule has 0 radical (unpaired) electrons. The fourth-order valence-corrected chi connectivity index (χ4v) is 7.42. The van der Waals surface area contributed by atoms with E-state index in [2.05, 4.69) is 196 Å². The van der Waals surface area contributed by atoms with E-state index in [1.807, 2.05) is 24.4 Å². The molecule has 0 unspecified atom stereocenters. The van der Waals surface area contributed by atoms with E-state index in [1.165, 1.54) is 22.3 Å². The second-order valence-electron chi connectivity index (χ2n) is 16.3. The number of hydrogen-bond donors (Lipinski definition) is 0. The first kappa shape index (κ1) is 37.3. The van der Waals surface area contributed by atoms with Gasteiger partial charge in [0, 0.05) is 61.3 Å². The van der Waals surface area contributed by atoms with Gasteiger partial charge in [0.15, 0.2) is 0 Å². The number of pyridine rings is 1. The van der Waals surface area contributed by atoms with E-state index >= 15 is 0 Å². The van der Waals surface area contributed by atoms with Crippen molar-refractivity contribution in [1.29, 1.82) is 0 Å². The first-order chi connectivity index (χ1) is 26.5. The molecule has 9 rings (SSSR count). The molecule has 1 aliphatic heterocycles. The zero-order chi connectivity index (χ0) is 37.9. The molecule has 6 heteroatoms. The summed E-state index contributed by atoms with van der Waals surface area (Å²) in [5.41, 5.74) is 11.0. The van der Waals surface area contributed by atoms with E-state index in [0.717, 1.165) is 50.4 Å². The van der Waals surface area contributed by atoms with Crippen LogP contribution in [0.2, 0.25) is 0 Å². The minimum atomic E-state index is -0.0285. The summed E-state index contributed by atoms with van der Waals surface area (Å²) in [4.78, 5) is 9.30. The van der Waals surface area contributed by atoms with Crippen molar-refractivity contribution in [1.82, 2.24) is 9.55 Å². The van der Waals surface area contributed by atoms with Crippen molar-refractivity contribution >= 4 is 44.6 Å². The maximum Gasteiger partial charge on any atom is 0.135 e. The van der Waals surface area contributed by atoms with E-state index in [1.54, 1.807) is 0 Å². The maximum absolute atomic E-state index is 6.57. The van der Waals surface area contributed by atoms with Crippen molar-refractivity contribution in [3.05, 3.63) is 176 Å². The van der Waals surface area contributed by atoms with Crippen molar-refractivity contribution in [3.63, 3.8) is 0 Å². The number of rotatable bonds is 6. The number of para-hydroxylation sites is 3. The van der Waals surface area contributed by atoms with Crippen molar-refractivity contribution in [2.45, 2.75) is 52.4 Å². The molecule has 0 atom stereocenters. The molecule has 0 spiro atoms. The fourth-order valence-electron chi connectivity index (χ4n) is 7.42. The van der Waals surface area contributed by atoms with Crippen LogP contribution >= 0.6 is 0 Å². The summed E-state index contributed by atoms with van der Waals surface area (Å²) in [5.74, 6) is 2.07. The largest absolute Gasteiger partial charge is 0.509 e. The molecule has 8 aromatic rings. The summed E-state index contributed by atoms with van der Waals surface area (Å²) in [6.07, 6.45) is 1.90. The number of hydrogen-bond acceptors (Lipinski definition) is 4. The van der Waals surface area contributed by atoms with Gasteiger partial charge < -0.3 is 19.1 Å². The van der Waals surface area contributed by atoms with E-state index in [-0.39, 0.29) is 31.9 Å². The summed E-state index contributed by atoms with van der Waals surface area (Å²) in [7, 11) is 0. The van der Waals surface area contributed by atoms with Crippen LogP contribution in [0.4, 0.5) is 22.7 Å². The van der Waals surface area contributed by atoms with Gasteiger partial charge in [0.2, 0.25) is 0 Å². The molecule has 282 valence electrons. The second kappa shape index (κ2) is 14.5. The van der Waals surface area contributed by atoms with Gasteiger partial charge >= 0.3 is 0 Å². The molecule has 56 heavy (non-hydrogen) atoms. The Balaban J connectivity index is 0.00000441. The predicted molar refractivity (Wildman–Crippen MR) is 227 cm³/mol.